The fourth-order valence-electron chi connectivity index (χ4n) is 4.81. The van der Waals surface area contributed by atoms with Gasteiger partial charge in [0.05, 0.1) is 22.6 Å². The highest BCUT2D eigenvalue weighted by Gasteiger charge is 2.17. The first kappa shape index (κ1) is 23.5. The summed E-state index contributed by atoms with van der Waals surface area (Å²) < 4.78 is 13.9. The van der Waals surface area contributed by atoms with Gasteiger partial charge in [0.1, 0.15) is 11.5 Å². The molecule has 0 unspecified atom stereocenters. The van der Waals surface area contributed by atoms with Crippen molar-refractivity contribution in [3.63, 3.8) is 0 Å². The third-order valence-corrected chi connectivity index (χ3v) is 6.76. The normalized spacial score (nSPS) is 11.3. The number of aromatic amines is 2. The average Bonchev–Trinajstić information content (AvgIpc) is 3.61. The number of pyridine rings is 3. The lowest BCUT2D eigenvalue weighted by Gasteiger charge is -2.05. The summed E-state index contributed by atoms with van der Waals surface area (Å²) in [4.78, 5) is 34.1. The maximum Gasteiger partial charge on any atom is 0.181 e. The molecule has 7 rings (SSSR count). The van der Waals surface area contributed by atoms with Crippen molar-refractivity contribution in [2.24, 2.45) is 0 Å². The molecule has 0 saturated heterocycles. The molecule has 2 N–H and O–H groups in total. The molecule has 0 spiro atoms. The van der Waals surface area contributed by atoms with Gasteiger partial charge in [-0.3, -0.25) is 19.9 Å². The zero-order valence-corrected chi connectivity index (χ0v) is 21.0. The van der Waals surface area contributed by atoms with Crippen LogP contribution in [-0.4, -0.2) is 40.9 Å². The fourth-order valence-corrected chi connectivity index (χ4v) is 4.81. The van der Waals surface area contributed by atoms with Gasteiger partial charge < -0.3 is 4.98 Å². The summed E-state index contributed by atoms with van der Waals surface area (Å²) in [5.74, 6) is 0.260. The monoisotopic (exact) mass is 525 g/mol. The molecule has 5 heterocycles. The van der Waals surface area contributed by atoms with Crippen LogP contribution < -0.4 is 0 Å². The van der Waals surface area contributed by atoms with Crippen LogP contribution in [0, 0.1) is 5.82 Å². The molecule has 0 aliphatic heterocycles. The van der Waals surface area contributed by atoms with Crippen LogP contribution in [0.3, 0.4) is 0 Å². The first-order valence-electron chi connectivity index (χ1n) is 12.6. The highest BCUT2D eigenvalue weighted by atomic mass is 19.1. The van der Waals surface area contributed by atoms with E-state index in [2.05, 4.69) is 30.1 Å². The molecule has 5 aromatic heterocycles. The van der Waals surface area contributed by atoms with Crippen LogP contribution in [0.1, 0.15) is 15.9 Å². The second kappa shape index (κ2) is 9.63. The van der Waals surface area contributed by atoms with Gasteiger partial charge in [-0.05, 0) is 35.4 Å². The number of rotatable bonds is 6. The van der Waals surface area contributed by atoms with E-state index < -0.39 is 0 Å². The number of nitrogens with one attached hydrogen (secondary N) is 2. The topological polar surface area (TPSA) is 113 Å². The molecule has 192 valence electrons. The summed E-state index contributed by atoms with van der Waals surface area (Å²) in [5, 5.41) is 8.17. The van der Waals surface area contributed by atoms with Gasteiger partial charge >= 0.3 is 0 Å². The number of benzene rings is 2. The molecule has 0 atom stereocenters. The maximum atomic E-state index is 13.9. The van der Waals surface area contributed by atoms with Crippen molar-refractivity contribution >= 4 is 27.9 Å². The Labute approximate surface area is 227 Å². The van der Waals surface area contributed by atoms with Gasteiger partial charge in [-0.2, -0.15) is 5.10 Å². The number of ketones is 1. The van der Waals surface area contributed by atoms with Crippen molar-refractivity contribution in [3.05, 3.63) is 115 Å². The molecule has 0 aliphatic rings. The van der Waals surface area contributed by atoms with Crippen molar-refractivity contribution in [1.82, 2.24) is 35.1 Å². The zero-order valence-electron chi connectivity index (χ0n) is 21.0. The van der Waals surface area contributed by atoms with E-state index in [-0.39, 0.29) is 18.0 Å². The summed E-state index contributed by atoms with van der Waals surface area (Å²) in [6.07, 6.45) is 8.80. The van der Waals surface area contributed by atoms with E-state index in [4.69, 9.17) is 4.98 Å². The molecule has 40 heavy (non-hydrogen) atoms. The number of carbonyl (C=O) groups excluding carboxylic acids is 1. The number of carbonyl (C=O) groups is 1. The highest BCUT2D eigenvalue weighted by molar-refractivity contribution is 5.98. The van der Waals surface area contributed by atoms with E-state index in [1.807, 2.05) is 48.5 Å². The van der Waals surface area contributed by atoms with E-state index in [1.54, 1.807) is 37.1 Å². The van der Waals surface area contributed by atoms with E-state index in [1.165, 1.54) is 12.1 Å². The smallest absolute Gasteiger partial charge is 0.181 e. The first-order chi connectivity index (χ1) is 19.6. The Morgan fingerprint density at radius 3 is 2.55 bits per heavy atom. The minimum Gasteiger partial charge on any atom is -0.335 e. The quantitative estimate of drug-likeness (QED) is 0.250. The van der Waals surface area contributed by atoms with Crippen molar-refractivity contribution < 1.29 is 9.18 Å². The number of imidazole rings is 1. The Bertz CT molecular complexity index is 2030. The molecular formula is C31H20FN7O. The third kappa shape index (κ3) is 4.29. The lowest BCUT2D eigenvalue weighted by Crippen LogP contribution is -2.03. The number of halogens is 1. The molecule has 9 heteroatoms. The Balaban J connectivity index is 1.25. The molecule has 0 saturated carbocycles. The third-order valence-electron chi connectivity index (χ3n) is 6.76. The molecule has 0 bridgehead atoms. The Kier molecular flexibility index (Phi) is 5.67. The molecule has 0 aliphatic carbocycles. The maximum absolute atomic E-state index is 13.9. The minimum atomic E-state index is -0.327. The number of nitrogens with zero attached hydrogens (tertiary/aromatic N) is 5. The van der Waals surface area contributed by atoms with Crippen LogP contribution in [0.15, 0.2) is 97.7 Å². The van der Waals surface area contributed by atoms with Gasteiger partial charge in [-0.15, -0.1) is 0 Å². The summed E-state index contributed by atoms with van der Waals surface area (Å²) in [7, 11) is 0. The van der Waals surface area contributed by atoms with Gasteiger partial charge in [-0.1, -0.05) is 42.5 Å². The largest absolute Gasteiger partial charge is 0.335 e. The van der Waals surface area contributed by atoms with Crippen LogP contribution in [0.2, 0.25) is 0 Å². The lowest BCUT2D eigenvalue weighted by atomic mass is 10.0. The van der Waals surface area contributed by atoms with Crippen LogP contribution in [-0.2, 0) is 6.42 Å². The van der Waals surface area contributed by atoms with Crippen LogP contribution in [0.4, 0.5) is 4.39 Å². The standard InChI is InChI=1S/C31H20FN7O/c32-23-8-4-7-20(11-23)25-16-34-17-26-28(25)37-31(36-26)29-24-12-22(15-35-30(24)39-38-29)21-9-18(13-33-14-21)10-27(40)19-5-2-1-3-6-19/h1-9,11-17H,10H2,(H,36,37)(H,35,38,39). The van der Waals surface area contributed by atoms with Gasteiger partial charge in [0.25, 0.3) is 0 Å². The molecule has 0 fully saturated rings. The predicted octanol–water partition coefficient (Wildman–Crippen LogP) is 6.19. The number of Topliss-reactive ketones (excluding diaryl/α,β-unsaturated/α-hetero) is 1. The van der Waals surface area contributed by atoms with Crippen LogP contribution in [0.5, 0.6) is 0 Å². The number of H-pyrrole nitrogens is 2. The summed E-state index contributed by atoms with van der Waals surface area (Å²) in [6.45, 7) is 0. The van der Waals surface area contributed by atoms with Gasteiger partial charge in [0.2, 0.25) is 0 Å². The highest BCUT2D eigenvalue weighted by Crippen LogP contribution is 2.32. The predicted molar refractivity (Wildman–Crippen MR) is 150 cm³/mol. The van der Waals surface area contributed by atoms with E-state index in [0.29, 0.717) is 39.3 Å². The number of hydrogen-bond donors (Lipinski definition) is 2. The van der Waals surface area contributed by atoms with Crippen LogP contribution >= 0.6 is 0 Å². The van der Waals surface area contributed by atoms with Crippen LogP contribution in [0.25, 0.3) is 55.8 Å². The molecule has 0 amide bonds. The van der Waals surface area contributed by atoms with Gasteiger partial charge in [0.15, 0.2) is 17.3 Å². The van der Waals surface area contributed by atoms with Crippen molar-refractivity contribution in [2.75, 3.05) is 0 Å². The van der Waals surface area contributed by atoms with E-state index in [9.17, 15) is 9.18 Å². The number of aromatic nitrogens is 7. The van der Waals surface area contributed by atoms with E-state index in [0.717, 1.165) is 27.6 Å². The number of hydrogen-bond acceptors (Lipinski definition) is 6. The fraction of sp³-hybridized carbons (Fsp3) is 0.0323. The summed E-state index contributed by atoms with van der Waals surface area (Å²) in [6, 6.07) is 19.5. The second-order valence-corrected chi connectivity index (χ2v) is 9.42. The Morgan fingerprint density at radius 2 is 1.68 bits per heavy atom. The number of fused-ring (bicyclic) bond motifs is 2. The summed E-state index contributed by atoms with van der Waals surface area (Å²) in [5.41, 5.74) is 7.13. The SMILES string of the molecule is O=C(Cc1cncc(-c2cnc3n[nH]c(-c4nc5c(-c6cccc(F)c6)cncc5[nH]4)c3c2)c1)c1ccccc1. The minimum absolute atomic E-state index is 0.0298. The van der Waals surface area contributed by atoms with Gasteiger partial charge in [-0.25, -0.2) is 14.4 Å². The summed E-state index contributed by atoms with van der Waals surface area (Å²) >= 11 is 0. The molecule has 2 aromatic carbocycles. The van der Waals surface area contributed by atoms with Gasteiger partial charge in [0, 0.05) is 53.5 Å². The van der Waals surface area contributed by atoms with Crippen molar-refractivity contribution in [2.45, 2.75) is 6.42 Å². The first-order valence-corrected chi connectivity index (χ1v) is 12.6. The average molecular weight is 526 g/mol. The zero-order chi connectivity index (χ0) is 27.1. The lowest BCUT2D eigenvalue weighted by molar-refractivity contribution is 0.0993. The molecular weight excluding hydrogens is 505 g/mol. The molecule has 7 aromatic rings. The molecule has 8 nitrogen and oxygen atoms in total. The second-order valence-electron chi connectivity index (χ2n) is 9.42. The Morgan fingerprint density at radius 1 is 0.825 bits per heavy atom. The van der Waals surface area contributed by atoms with E-state index >= 15 is 0 Å². The molecule has 0 radical (unpaired) electrons. The Hall–Kier alpha value is -5.57. The van der Waals surface area contributed by atoms with Crippen molar-refractivity contribution in [3.8, 4) is 33.8 Å². The van der Waals surface area contributed by atoms with Crippen molar-refractivity contribution in [1.29, 1.82) is 0 Å².